The Kier molecular flexibility index (Phi) is 5.18. The summed E-state index contributed by atoms with van der Waals surface area (Å²) in [5.74, 6) is -4.25. The molecule has 1 aromatic carbocycles. The summed E-state index contributed by atoms with van der Waals surface area (Å²) < 4.78 is 30.6. The molecule has 0 aliphatic carbocycles. The Morgan fingerprint density at radius 3 is 2.79 bits per heavy atom. The lowest BCUT2D eigenvalue weighted by Crippen LogP contribution is -2.52. The van der Waals surface area contributed by atoms with E-state index < -0.39 is 17.9 Å². The number of nitrogens with zero attached hydrogens (tertiary/aromatic N) is 3. The van der Waals surface area contributed by atoms with Crippen molar-refractivity contribution in [1.82, 2.24) is 9.88 Å². The maximum atomic E-state index is 14.5. The number of thiazole rings is 1. The molecule has 0 unspecified atom stereocenters. The molecule has 0 radical (unpaired) electrons. The fourth-order valence-electron chi connectivity index (χ4n) is 3.59. The van der Waals surface area contributed by atoms with Crippen LogP contribution in [0.3, 0.4) is 0 Å². The molecule has 6 nitrogen and oxygen atoms in total. The van der Waals surface area contributed by atoms with Crippen LogP contribution in [0.25, 0.3) is 10.2 Å². The first kappa shape index (κ1) is 19.7. The van der Waals surface area contributed by atoms with E-state index in [2.05, 4.69) is 10.3 Å². The number of aromatic nitrogens is 2. The van der Waals surface area contributed by atoms with Crippen LogP contribution in [0.2, 0.25) is 0 Å². The van der Waals surface area contributed by atoms with Gasteiger partial charge in [0.05, 0.1) is 22.2 Å². The Morgan fingerprint density at radius 2 is 2.07 bits per heavy atom. The van der Waals surface area contributed by atoms with E-state index in [1.807, 2.05) is 24.3 Å². The summed E-state index contributed by atoms with van der Waals surface area (Å²) in [6.45, 7) is 1.86. The van der Waals surface area contributed by atoms with Crippen molar-refractivity contribution in [3.63, 3.8) is 0 Å². The second-order valence-electron chi connectivity index (χ2n) is 7.20. The lowest BCUT2D eigenvalue weighted by atomic mass is 9.87. The van der Waals surface area contributed by atoms with Gasteiger partial charge in [0.2, 0.25) is 5.91 Å². The molecule has 3 aromatic rings. The molecule has 1 saturated heterocycles. The van der Waals surface area contributed by atoms with Gasteiger partial charge in [0.1, 0.15) is 0 Å². The maximum absolute atomic E-state index is 14.5. The third-order valence-electron chi connectivity index (χ3n) is 5.34. The van der Waals surface area contributed by atoms with E-state index in [4.69, 9.17) is 0 Å². The standard InChI is InChI=1S/C20H20F2N4O2S/c1-13(18(27)24-19-23-16-4-2-3-5-17(16)29-19)25-11-8-20(21,22)15(12-25)14-6-9-26(28)10-7-14/h2-7,9-10,13,15H,8,11-12H2,1H3,(H,23,24,27)/t13-,15-/m1/s1. The number of rotatable bonds is 4. The summed E-state index contributed by atoms with van der Waals surface area (Å²) in [5, 5.41) is 14.5. The zero-order valence-electron chi connectivity index (χ0n) is 15.7. The van der Waals surface area contributed by atoms with Crippen molar-refractivity contribution in [3.8, 4) is 0 Å². The van der Waals surface area contributed by atoms with Crippen molar-refractivity contribution in [2.75, 3.05) is 18.4 Å². The monoisotopic (exact) mass is 418 g/mol. The van der Waals surface area contributed by atoms with Crippen LogP contribution >= 0.6 is 11.3 Å². The summed E-state index contributed by atoms with van der Waals surface area (Å²) in [5.41, 5.74) is 1.20. The van der Waals surface area contributed by atoms with Gasteiger partial charge in [-0.2, -0.15) is 4.73 Å². The SMILES string of the molecule is C[C@H](C(=O)Nc1nc2ccccc2s1)N1CCC(F)(F)[C@@H](c2cc[n+]([O-])cc2)C1. The number of pyridine rings is 1. The molecule has 152 valence electrons. The van der Waals surface area contributed by atoms with Crippen molar-refractivity contribution in [1.29, 1.82) is 0 Å². The molecular formula is C20H20F2N4O2S. The van der Waals surface area contributed by atoms with Crippen molar-refractivity contribution in [2.24, 2.45) is 0 Å². The van der Waals surface area contributed by atoms with E-state index in [1.165, 1.54) is 35.9 Å². The lowest BCUT2D eigenvalue weighted by Gasteiger charge is -2.40. The number of halogens is 2. The molecular weight excluding hydrogens is 398 g/mol. The Hall–Kier alpha value is -2.65. The van der Waals surface area contributed by atoms with E-state index in [9.17, 15) is 18.8 Å². The summed E-state index contributed by atoms with van der Waals surface area (Å²) in [6.07, 6.45) is 2.09. The fraction of sp³-hybridized carbons (Fsp3) is 0.350. The van der Waals surface area contributed by atoms with Gasteiger partial charge in [0, 0.05) is 31.6 Å². The molecule has 1 aliphatic rings. The van der Waals surface area contributed by atoms with Crippen LogP contribution in [-0.4, -0.2) is 40.8 Å². The molecule has 1 amide bonds. The maximum Gasteiger partial charge on any atom is 0.257 e. The van der Waals surface area contributed by atoms with Crippen LogP contribution in [-0.2, 0) is 4.79 Å². The molecule has 29 heavy (non-hydrogen) atoms. The highest BCUT2D eigenvalue weighted by Gasteiger charge is 2.46. The Labute approximate surface area is 170 Å². The Balaban J connectivity index is 1.48. The minimum Gasteiger partial charge on any atom is -0.619 e. The quantitative estimate of drug-likeness (QED) is 0.521. The van der Waals surface area contributed by atoms with Gasteiger partial charge in [-0.3, -0.25) is 9.69 Å². The molecule has 1 N–H and O–H groups in total. The van der Waals surface area contributed by atoms with Gasteiger partial charge >= 0.3 is 0 Å². The number of likely N-dealkylation sites (tertiary alicyclic amines) is 1. The molecule has 3 heterocycles. The van der Waals surface area contributed by atoms with Gasteiger partial charge in [-0.05, 0) is 24.6 Å². The van der Waals surface area contributed by atoms with Gasteiger partial charge < -0.3 is 10.5 Å². The second-order valence-corrected chi connectivity index (χ2v) is 8.23. The topological polar surface area (TPSA) is 72.2 Å². The lowest BCUT2D eigenvalue weighted by molar-refractivity contribution is -0.605. The van der Waals surface area contributed by atoms with E-state index in [0.29, 0.717) is 15.4 Å². The van der Waals surface area contributed by atoms with Crippen LogP contribution in [0.5, 0.6) is 0 Å². The van der Waals surface area contributed by atoms with E-state index in [-0.39, 0.29) is 25.4 Å². The molecule has 9 heteroatoms. The third kappa shape index (κ3) is 4.06. The summed E-state index contributed by atoms with van der Waals surface area (Å²) in [6, 6.07) is 9.82. The summed E-state index contributed by atoms with van der Waals surface area (Å²) >= 11 is 1.37. The molecule has 1 aliphatic heterocycles. The first-order valence-corrected chi connectivity index (χ1v) is 10.1. The van der Waals surface area contributed by atoms with Crippen LogP contribution in [0.4, 0.5) is 13.9 Å². The molecule has 2 atom stereocenters. The predicted octanol–water partition coefficient (Wildman–Crippen LogP) is 3.38. The van der Waals surface area contributed by atoms with E-state index in [1.54, 1.807) is 11.8 Å². The van der Waals surface area contributed by atoms with Crippen LogP contribution in [0, 0.1) is 5.21 Å². The van der Waals surface area contributed by atoms with Crippen molar-refractivity contribution < 1.29 is 18.3 Å². The highest BCUT2D eigenvalue weighted by atomic mass is 32.1. The summed E-state index contributed by atoms with van der Waals surface area (Å²) in [7, 11) is 0. The Bertz CT molecular complexity index is 992. The highest BCUT2D eigenvalue weighted by Crippen LogP contribution is 2.40. The number of piperidine rings is 1. The van der Waals surface area contributed by atoms with Crippen molar-refractivity contribution in [2.45, 2.75) is 31.2 Å². The second kappa shape index (κ2) is 7.64. The van der Waals surface area contributed by atoms with Gasteiger partial charge in [-0.25, -0.2) is 13.8 Å². The number of anilines is 1. The normalized spacial score (nSPS) is 20.4. The average molecular weight is 418 g/mol. The smallest absolute Gasteiger partial charge is 0.257 e. The third-order valence-corrected chi connectivity index (χ3v) is 6.29. The van der Waals surface area contributed by atoms with Crippen LogP contribution < -0.4 is 10.0 Å². The average Bonchev–Trinajstić information content (AvgIpc) is 3.10. The number of amides is 1. The highest BCUT2D eigenvalue weighted by molar-refractivity contribution is 7.22. The van der Waals surface area contributed by atoms with Gasteiger partial charge in [-0.15, -0.1) is 0 Å². The minimum absolute atomic E-state index is 0.0320. The zero-order valence-corrected chi connectivity index (χ0v) is 16.5. The number of benzene rings is 1. The van der Waals surface area contributed by atoms with Gasteiger partial charge in [0.25, 0.3) is 5.92 Å². The molecule has 1 fully saturated rings. The van der Waals surface area contributed by atoms with Crippen LogP contribution in [0.15, 0.2) is 48.8 Å². The predicted molar refractivity (Wildman–Crippen MR) is 107 cm³/mol. The number of fused-ring (bicyclic) bond motifs is 1. The van der Waals surface area contributed by atoms with Gasteiger partial charge in [-0.1, -0.05) is 23.5 Å². The number of carbonyl (C=O) groups excluding carboxylic acids is 1. The fourth-order valence-corrected chi connectivity index (χ4v) is 4.45. The number of para-hydroxylation sites is 1. The molecule has 4 rings (SSSR count). The summed E-state index contributed by atoms with van der Waals surface area (Å²) in [4.78, 5) is 18.9. The molecule has 0 spiro atoms. The Morgan fingerprint density at radius 1 is 1.34 bits per heavy atom. The first-order valence-electron chi connectivity index (χ1n) is 9.30. The molecule has 2 aromatic heterocycles. The van der Waals surface area contributed by atoms with Crippen molar-refractivity contribution >= 4 is 32.6 Å². The van der Waals surface area contributed by atoms with Crippen LogP contribution in [0.1, 0.15) is 24.8 Å². The molecule has 0 saturated carbocycles. The number of nitrogens with one attached hydrogen (secondary N) is 1. The van der Waals surface area contributed by atoms with E-state index >= 15 is 0 Å². The number of alkyl halides is 2. The number of carbonyl (C=O) groups is 1. The largest absolute Gasteiger partial charge is 0.619 e. The minimum atomic E-state index is -2.89. The van der Waals surface area contributed by atoms with Crippen molar-refractivity contribution in [3.05, 3.63) is 59.6 Å². The number of hydrogen-bond donors (Lipinski definition) is 1. The van der Waals surface area contributed by atoms with Gasteiger partial charge in [0.15, 0.2) is 17.5 Å². The first-order chi connectivity index (χ1) is 13.8. The van der Waals surface area contributed by atoms with E-state index in [0.717, 1.165) is 10.2 Å². The molecule has 0 bridgehead atoms. The number of hydrogen-bond acceptors (Lipinski definition) is 5. The zero-order chi connectivity index (χ0) is 20.6.